The molecule has 2 unspecified atom stereocenters. The van der Waals surface area contributed by atoms with Gasteiger partial charge in [0.05, 0.1) is 12.1 Å². The van der Waals surface area contributed by atoms with Gasteiger partial charge in [0.25, 0.3) is 0 Å². The van der Waals surface area contributed by atoms with Gasteiger partial charge in [0.2, 0.25) is 0 Å². The summed E-state index contributed by atoms with van der Waals surface area (Å²) in [5.41, 5.74) is 4.34. The SMILES string of the molecule is COc1cc(C(CC(C)CC(C)(C)C)NN)ccc1Cl. The third kappa shape index (κ3) is 5.31. The van der Waals surface area contributed by atoms with Gasteiger partial charge in [0.15, 0.2) is 0 Å². The van der Waals surface area contributed by atoms with Gasteiger partial charge >= 0.3 is 0 Å². The number of hydrazine groups is 1. The quantitative estimate of drug-likeness (QED) is 0.607. The number of hydrogen-bond acceptors (Lipinski definition) is 3. The van der Waals surface area contributed by atoms with E-state index in [0.717, 1.165) is 18.4 Å². The van der Waals surface area contributed by atoms with Crippen LogP contribution in [-0.4, -0.2) is 7.11 Å². The molecule has 0 bridgehead atoms. The van der Waals surface area contributed by atoms with Crippen LogP contribution in [0.5, 0.6) is 5.75 Å². The largest absolute Gasteiger partial charge is 0.495 e. The molecule has 0 amide bonds. The fourth-order valence-corrected chi connectivity index (χ4v) is 2.92. The Hall–Kier alpha value is -0.770. The van der Waals surface area contributed by atoms with Gasteiger partial charge in [-0.1, -0.05) is 45.4 Å². The molecule has 0 saturated carbocycles. The summed E-state index contributed by atoms with van der Waals surface area (Å²) in [6.07, 6.45) is 2.15. The molecule has 2 atom stereocenters. The fourth-order valence-electron chi connectivity index (χ4n) is 2.72. The second-order valence-electron chi connectivity index (χ2n) is 6.72. The Morgan fingerprint density at radius 1 is 1.35 bits per heavy atom. The van der Waals surface area contributed by atoms with E-state index in [1.807, 2.05) is 18.2 Å². The van der Waals surface area contributed by atoms with Crippen LogP contribution >= 0.6 is 11.6 Å². The Morgan fingerprint density at radius 3 is 2.50 bits per heavy atom. The fraction of sp³-hybridized carbons (Fsp3) is 0.625. The number of nitrogens with two attached hydrogens (primary N) is 1. The van der Waals surface area contributed by atoms with Crippen LogP contribution in [0, 0.1) is 11.3 Å². The first kappa shape index (κ1) is 17.3. The molecule has 1 aromatic rings. The van der Waals surface area contributed by atoms with Crippen molar-refractivity contribution in [2.75, 3.05) is 7.11 Å². The van der Waals surface area contributed by atoms with Gasteiger partial charge in [-0.25, -0.2) is 0 Å². The summed E-state index contributed by atoms with van der Waals surface area (Å²) in [6.45, 7) is 9.06. The van der Waals surface area contributed by atoms with Gasteiger partial charge in [-0.05, 0) is 41.9 Å². The van der Waals surface area contributed by atoms with E-state index in [2.05, 4.69) is 33.1 Å². The minimum atomic E-state index is 0.110. The lowest BCUT2D eigenvalue weighted by atomic mass is 9.82. The molecule has 0 aliphatic heterocycles. The van der Waals surface area contributed by atoms with E-state index >= 15 is 0 Å². The molecule has 1 rings (SSSR count). The van der Waals surface area contributed by atoms with E-state index in [4.69, 9.17) is 22.2 Å². The zero-order chi connectivity index (χ0) is 15.3. The molecule has 0 spiro atoms. The van der Waals surface area contributed by atoms with Crippen molar-refractivity contribution < 1.29 is 4.74 Å². The summed E-state index contributed by atoms with van der Waals surface area (Å²) in [5, 5.41) is 0.620. The molecule has 1 aromatic carbocycles. The van der Waals surface area contributed by atoms with Gasteiger partial charge in [-0.2, -0.15) is 0 Å². The van der Waals surface area contributed by atoms with Crippen LogP contribution in [0.25, 0.3) is 0 Å². The number of benzene rings is 1. The summed E-state index contributed by atoms with van der Waals surface area (Å²) >= 11 is 6.06. The monoisotopic (exact) mass is 298 g/mol. The van der Waals surface area contributed by atoms with Gasteiger partial charge < -0.3 is 4.74 Å². The Bertz CT molecular complexity index is 429. The Balaban J connectivity index is 2.80. The van der Waals surface area contributed by atoms with Crippen molar-refractivity contribution in [3.63, 3.8) is 0 Å². The first-order valence-corrected chi connectivity index (χ1v) is 7.44. The van der Waals surface area contributed by atoms with Crippen molar-refractivity contribution in [2.24, 2.45) is 17.2 Å². The maximum atomic E-state index is 6.06. The van der Waals surface area contributed by atoms with Crippen LogP contribution in [-0.2, 0) is 0 Å². The molecule has 0 saturated heterocycles. The van der Waals surface area contributed by atoms with Crippen molar-refractivity contribution >= 4 is 11.6 Å². The molecule has 114 valence electrons. The molecule has 0 radical (unpaired) electrons. The highest BCUT2D eigenvalue weighted by Gasteiger charge is 2.20. The Morgan fingerprint density at radius 2 is 2.00 bits per heavy atom. The van der Waals surface area contributed by atoms with Gasteiger partial charge in [0.1, 0.15) is 5.75 Å². The molecule has 0 aliphatic rings. The maximum absolute atomic E-state index is 6.06. The van der Waals surface area contributed by atoms with E-state index in [9.17, 15) is 0 Å². The minimum Gasteiger partial charge on any atom is -0.495 e. The highest BCUT2D eigenvalue weighted by atomic mass is 35.5. The number of hydrogen-bond donors (Lipinski definition) is 2. The lowest BCUT2D eigenvalue weighted by Gasteiger charge is -2.27. The lowest BCUT2D eigenvalue weighted by Crippen LogP contribution is -2.30. The van der Waals surface area contributed by atoms with Crippen molar-refractivity contribution in [3.05, 3.63) is 28.8 Å². The van der Waals surface area contributed by atoms with Crippen LogP contribution in [0.2, 0.25) is 5.02 Å². The normalized spacial score (nSPS) is 14.9. The van der Waals surface area contributed by atoms with Gasteiger partial charge in [0, 0.05) is 6.04 Å². The van der Waals surface area contributed by atoms with Gasteiger partial charge in [-0.15, -0.1) is 0 Å². The Kier molecular flexibility index (Phi) is 6.31. The third-order valence-corrected chi connectivity index (χ3v) is 3.69. The first-order chi connectivity index (χ1) is 9.26. The lowest BCUT2D eigenvalue weighted by molar-refractivity contribution is 0.276. The number of methoxy groups -OCH3 is 1. The van der Waals surface area contributed by atoms with E-state index in [1.54, 1.807) is 7.11 Å². The topological polar surface area (TPSA) is 47.3 Å². The van der Waals surface area contributed by atoms with E-state index in [1.165, 1.54) is 0 Å². The second-order valence-corrected chi connectivity index (χ2v) is 7.13. The number of rotatable bonds is 6. The molecule has 0 fully saturated rings. The molecular formula is C16H27ClN2O. The summed E-state index contributed by atoms with van der Waals surface area (Å²) in [4.78, 5) is 0. The van der Waals surface area contributed by atoms with E-state index in [-0.39, 0.29) is 6.04 Å². The first-order valence-electron chi connectivity index (χ1n) is 7.06. The van der Waals surface area contributed by atoms with E-state index in [0.29, 0.717) is 22.1 Å². The molecular weight excluding hydrogens is 272 g/mol. The van der Waals surface area contributed by atoms with Crippen LogP contribution in [0.15, 0.2) is 18.2 Å². The number of ether oxygens (including phenoxy) is 1. The average molecular weight is 299 g/mol. The van der Waals surface area contributed by atoms with Crippen molar-refractivity contribution in [1.82, 2.24) is 5.43 Å². The molecule has 3 nitrogen and oxygen atoms in total. The van der Waals surface area contributed by atoms with Crippen molar-refractivity contribution in [2.45, 2.75) is 46.6 Å². The van der Waals surface area contributed by atoms with Gasteiger partial charge in [-0.3, -0.25) is 11.3 Å². The summed E-state index contributed by atoms with van der Waals surface area (Å²) in [7, 11) is 1.62. The smallest absolute Gasteiger partial charge is 0.137 e. The Labute approximate surface area is 127 Å². The number of nitrogens with one attached hydrogen (secondary N) is 1. The van der Waals surface area contributed by atoms with Crippen LogP contribution in [0.1, 0.15) is 52.1 Å². The zero-order valence-electron chi connectivity index (χ0n) is 13.2. The summed E-state index contributed by atoms with van der Waals surface area (Å²) in [6, 6.07) is 5.92. The molecule has 3 N–H and O–H groups in total. The molecule has 0 heterocycles. The van der Waals surface area contributed by atoms with Crippen molar-refractivity contribution in [1.29, 1.82) is 0 Å². The highest BCUT2D eigenvalue weighted by Crippen LogP contribution is 2.33. The van der Waals surface area contributed by atoms with Crippen LogP contribution in [0.4, 0.5) is 0 Å². The maximum Gasteiger partial charge on any atom is 0.137 e. The second kappa shape index (κ2) is 7.30. The molecule has 20 heavy (non-hydrogen) atoms. The highest BCUT2D eigenvalue weighted by molar-refractivity contribution is 6.32. The summed E-state index contributed by atoms with van der Waals surface area (Å²) in [5.74, 6) is 6.99. The number of halogens is 1. The predicted molar refractivity (Wildman–Crippen MR) is 85.9 cm³/mol. The standard InChI is InChI=1S/C16H27ClN2O/c1-11(10-16(2,3)4)8-14(19-18)12-6-7-13(17)15(9-12)20-5/h6-7,9,11,14,19H,8,10,18H2,1-5H3. The van der Waals surface area contributed by atoms with E-state index < -0.39 is 0 Å². The molecule has 0 aliphatic carbocycles. The summed E-state index contributed by atoms with van der Waals surface area (Å²) < 4.78 is 5.27. The van der Waals surface area contributed by atoms with Crippen LogP contribution in [0.3, 0.4) is 0 Å². The third-order valence-electron chi connectivity index (χ3n) is 3.38. The predicted octanol–water partition coefficient (Wildman–Crippen LogP) is 4.32. The van der Waals surface area contributed by atoms with Crippen molar-refractivity contribution in [3.8, 4) is 5.75 Å². The van der Waals surface area contributed by atoms with Crippen LogP contribution < -0.4 is 16.0 Å². The molecule has 4 heteroatoms. The minimum absolute atomic E-state index is 0.110. The zero-order valence-corrected chi connectivity index (χ0v) is 13.9. The molecule has 0 aromatic heterocycles. The average Bonchev–Trinajstić information content (AvgIpc) is 2.34.